The van der Waals surface area contributed by atoms with Crippen molar-refractivity contribution in [3.63, 3.8) is 0 Å². The van der Waals surface area contributed by atoms with Gasteiger partial charge in [0.1, 0.15) is 11.6 Å². The molecule has 0 bridgehead atoms. The first-order valence-corrected chi connectivity index (χ1v) is 6.23. The van der Waals surface area contributed by atoms with Crippen LogP contribution in [0.4, 0.5) is 11.5 Å². The number of pyridine rings is 1. The van der Waals surface area contributed by atoms with Crippen molar-refractivity contribution in [3.8, 4) is 5.88 Å². The third-order valence-corrected chi connectivity index (χ3v) is 2.59. The standard InChI is InChI=1S/C14H19N3O2/c1-10(2)19-14-12(15)6-7-13(16-14)17(3)9-11-5-4-8-18-11/h4-8,10H,9,15H2,1-3H3. The van der Waals surface area contributed by atoms with Gasteiger partial charge in [-0.2, -0.15) is 4.98 Å². The van der Waals surface area contributed by atoms with Crippen LogP contribution in [-0.2, 0) is 6.54 Å². The monoisotopic (exact) mass is 261 g/mol. The maximum atomic E-state index is 5.85. The van der Waals surface area contributed by atoms with Gasteiger partial charge in [-0.3, -0.25) is 0 Å². The molecule has 0 radical (unpaired) electrons. The van der Waals surface area contributed by atoms with E-state index in [4.69, 9.17) is 14.9 Å². The summed E-state index contributed by atoms with van der Waals surface area (Å²) >= 11 is 0. The van der Waals surface area contributed by atoms with Crippen molar-refractivity contribution < 1.29 is 9.15 Å². The van der Waals surface area contributed by atoms with E-state index in [1.807, 2.05) is 44.0 Å². The predicted molar refractivity (Wildman–Crippen MR) is 75.2 cm³/mol. The Morgan fingerprint density at radius 2 is 2.16 bits per heavy atom. The molecule has 102 valence electrons. The number of aromatic nitrogens is 1. The molecule has 0 unspecified atom stereocenters. The van der Waals surface area contributed by atoms with E-state index in [1.165, 1.54) is 0 Å². The van der Waals surface area contributed by atoms with Gasteiger partial charge in [-0.05, 0) is 38.1 Å². The van der Waals surface area contributed by atoms with E-state index < -0.39 is 0 Å². The summed E-state index contributed by atoms with van der Waals surface area (Å²) in [7, 11) is 1.94. The lowest BCUT2D eigenvalue weighted by Crippen LogP contribution is -2.18. The maximum Gasteiger partial charge on any atom is 0.239 e. The van der Waals surface area contributed by atoms with Gasteiger partial charge >= 0.3 is 0 Å². The molecule has 0 saturated carbocycles. The zero-order valence-corrected chi connectivity index (χ0v) is 11.5. The highest BCUT2D eigenvalue weighted by Crippen LogP contribution is 2.24. The van der Waals surface area contributed by atoms with Crippen LogP contribution in [0.25, 0.3) is 0 Å². The molecule has 0 aromatic carbocycles. The Hall–Kier alpha value is -2.17. The Balaban J connectivity index is 2.15. The summed E-state index contributed by atoms with van der Waals surface area (Å²) in [5.74, 6) is 2.15. The van der Waals surface area contributed by atoms with Gasteiger partial charge < -0.3 is 19.8 Å². The average Bonchev–Trinajstić information content (AvgIpc) is 2.84. The molecule has 2 aromatic rings. The van der Waals surface area contributed by atoms with Gasteiger partial charge in [-0.1, -0.05) is 0 Å². The maximum absolute atomic E-state index is 5.85. The van der Waals surface area contributed by atoms with Crippen molar-refractivity contribution in [3.05, 3.63) is 36.3 Å². The topological polar surface area (TPSA) is 64.5 Å². The van der Waals surface area contributed by atoms with Crippen molar-refractivity contribution in [1.82, 2.24) is 4.98 Å². The Morgan fingerprint density at radius 1 is 1.37 bits per heavy atom. The molecule has 2 heterocycles. The molecule has 0 atom stereocenters. The highest BCUT2D eigenvalue weighted by Gasteiger charge is 2.10. The fourth-order valence-corrected chi connectivity index (χ4v) is 1.69. The zero-order chi connectivity index (χ0) is 13.8. The third-order valence-electron chi connectivity index (χ3n) is 2.59. The second-order valence-electron chi connectivity index (χ2n) is 4.67. The predicted octanol–water partition coefficient (Wildman–Crippen LogP) is 2.68. The smallest absolute Gasteiger partial charge is 0.239 e. The van der Waals surface area contributed by atoms with E-state index in [0.29, 0.717) is 18.1 Å². The van der Waals surface area contributed by atoms with Gasteiger partial charge in [0.05, 0.1) is 24.6 Å². The Morgan fingerprint density at radius 3 is 2.79 bits per heavy atom. The van der Waals surface area contributed by atoms with Gasteiger partial charge in [-0.15, -0.1) is 0 Å². The number of rotatable bonds is 5. The van der Waals surface area contributed by atoms with Crippen LogP contribution in [0.1, 0.15) is 19.6 Å². The molecule has 0 aliphatic carbocycles. The lowest BCUT2D eigenvalue weighted by atomic mass is 10.3. The van der Waals surface area contributed by atoms with Crippen LogP contribution in [-0.4, -0.2) is 18.1 Å². The van der Waals surface area contributed by atoms with E-state index in [2.05, 4.69) is 4.98 Å². The van der Waals surface area contributed by atoms with Crippen molar-refractivity contribution in [2.45, 2.75) is 26.5 Å². The van der Waals surface area contributed by atoms with Crippen LogP contribution >= 0.6 is 0 Å². The van der Waals surface area contributed by atoms with Gasteiger partial charge in [-0.25, -0.2) is 0 Å². The molecule has 0 fully saturated rings. The lowest BCUT2D eigenvalue weighted by Gasteiger charge is -2.19. The van der Waals surface area contributed by atoms with Crippen LogP contribution < -0.4 is 15.4 Å². The van der Waals surface area contributed by atoms with Gasteiger partial charge in [0.15, 0.2) is 0 Å². The molecule has 2 aromatic heterocycles. The zero-order valence-electron chi connectivity index (χ0n) is 11.5. The molecular weight excluding hydrogens is 242 g/mol. The molecule has 0 aliphatic rings. The van der Waals surface area contributed by atoms with E-state index in [0.717, 1.165) is 11.6 Å². The van der Waals surface area contributed by atoms with Gasteiger partial charge in [0.2, 0.25) is 5.88 Å². The van der Waals surface area contributed by atoms with Crippen molar-refractivity contribution in [2.75, 3.05) is 17.7 Å². The number of hydrogen-bond donors (Lipinski definition) is 1. The number of nitrogen functional groups attached to an aromatic ring is 1. The molecule has 19 heavy (non-hydrogen) atoms. The van der Waals surface area contributed by atoms with Crippen molar-refractivity contribution in [2.24, 2.45) is 0 Å². The van der Waals surface area contributed by atoms with Crippen molar-refractivity contribution >= 4 is 11.5 Å². The van der Waals surface area contributed by atoms with Crippen LogP contribution in [0.5, 0.6) is 5.88 Å². The number of furan rings is 1. The summed E-state index contributed by atoms with van der Waals surface area (Å²) in [6, 6.07) is 7.47. The molecule has 0 saturated heterocycles. The summed E-state index contributed by atoms with van der Waals surface area (Å²) in [4.78, 5) is 6.41. The summed E-state index contributed by atoms with van der Waals surface area (Å²) in [6.07, 6.45) is 1.70. The number of nitrogens with zero attached hydrogens (tertiary/aromatic N) is 2. The number of hydrogen-bond acceptors (Lipinski definition) is 5. The molecule has 2 rings (SSSR count). The van der Waals surface area contributed by atoms with Crippen LogP contribution in [0.3, 0.4) is 0 Å². The minimum Gasteiger partial charge on any atom is -0.473 e. The quantitative estimate of drug-likeness (QED) is 0.896. The fraction of sp³-hybridized carbons (Fsp3) is 0.357. The molecule has 0 amide bonds. The SMILES string of the molecule is CC(C)Oc1nc(N(C)Cc2ccco2)ccc1N. The minimum absolute atomic E-state index is 0.0421. The van der Waals surface area contributed by atoms with Crippen LogP contribution in [0.15, 0.2) is 34.9 Å². The molecule has 0 aliphatic heterocycles. The first-order chi connectivity index (χ1) is 9.06. The Kier molecular flexibility index (Phi) is 3.94. The summed E-state index contributed by atoms with van der Waals surface area (Å²) < 4.78 is 10.9. The summed E-state index contributed by atoms with van der Waals surface area (Å²) in [5, 5.41) is 0. The minimum atomic E-state index is 0.0421. The van der Waals surface area contributed by atoms with Gasteiger partial charge in [0, 0.05) is 7.05 Å². The number of ether oxygens (including phenoxy) is 1. The Labute approximate surface area is 113 Å². The van der Waals surface area contributed by atoms with Gasteiger partial charge in [0.25, 0.3) is 0 Å². The third kappa shape index (κ3) is 3.40. The van der Waals surface area contributed by atoms with Crippen molar-refractivity contribution in [1.29, 1.82) is 0 Å². The largest absolute Gasteiger partial charge is 0.473 e. The van der Waals surface area contributed by atoms with Crippen LogP contribution in [0, 0.1) is 0 Å². The molecule has 5 nitrogen and oxygen atoms in total. The lowest BCUT2D eigenvalue weighted by molar-refractivity contribution is 0.234. The summed E-state index contributed by atoms with van der Waals surface area (Å²) in [5.41, 5.74) is 6.39. The number of anilines is 2. The second-order valence-corrected chi connectivity index (χ2v) is 4.67. The van der Waals surface area contributed by atoms with E-state index in [1.54, 1.807) is 12.3 Å². The van der Waals surface area contributed by atoms with E-state index >= 15 is 0 Å². The molecule has 0 spiro atoms. The molecule has 2 N–H and O–H groups in total. The molecule has 5 heteroatoms. The highest BCUT2D eigenvalue weighted by atomic mass is 16.5. The summed E-state index contributed by atoms with van der Waals surface area (Å²) in [6.45, 7) is 4.53. The highest BCUT2D eigenvalue weighted by molar-refractivity contribution is 5.54. The van der Waals surface area contributed by atoms with E-state index in [9.17, 15) is 0 Å². The first-order valence-electron chi connectivity index (χ1n) is 6.23. The van der Waals surface area contributed by atoms with Crippen LogP contribution in [0.2, 0.25) is 0 Å². The normalized spacial score (nSPS) is 10.7. The second kappa shape index (κ2) is 5.65. The fourth-order valence-electron chi connectivity index (χ4n) is 1.69. The van der Waals surface area contributed by atoms with E-state index in [-0.39, 0.29) is 6.10 Å². The average molecular weight is 261 g/mol. The first kappa shape index (κ1) is 13.3. The number of nitrogens with two attached hydrogens (primary N) is 1. The Bertz CT molecular complexity index is 523. The molecular formula is C14H19N3O2.